The maximum Gasteiger partial charge on any atom is 0.304 e. The predicted octanol–water partition coefficient (Wildman–Crippen LogP) is 2.04. The molecule has 0 radical (unpaired) electrons. The van der Waals surface area contributed by atoms with E-state index in [-0.39, 0.29) is 37.0 Å². The van der Waals surface area contributed by atoms with Crippen LogP contribution in [-0.4, -0.2) is 43.9 Å². The lowest BCUT2D eigenvalue weighted by Gasteiger charge is -2.08. The maximum absolute atomic E-state index is 14.3. The SMILES string of the molecule is N[C@@H](CC(=O)O)Cn1nnc(-c2ccc(OCCc3ccc(F)cc3)c(F)c2)n1. The van der Waals surface area contributed by atoms with Crippen molar-refractivity contribution in [2.45, 2.75) is 25.4 Å². The molecule has 1 heterocycles. The summed E-state index contributed by atoms with van der Waals surface area (Å²) >= 11 is 0. The van der Waals surface area contributed by atoms with Crippen molar-refractivity contribution >= 4 is 5.97 Å². The molecule has 0 saturated heterocycles. The molecular weight excluding hydrogens is 384 g/mol. The summed E-state index contributed by atoms with van der Waals surface area (Å²) < 4.78 is 32.7. The lowest BCUT2D eigenvalue weighted by atomic mass is 10.1. The highest BCUT2D eigenvalue weighted by molar-refractivity contribution is 5.67. The molecule has 152 valence electrons. The van der Waals surface area contributed by atoms with Crippen molar-refractivity contribution in [1.82, 2.24) is 20.2 Å². The molecule has 3 N–H and O–H groups in total. The Morgan fingerprint density at radius 1 is 1.21 bits per heavy atom. The number of halogens is 2. The second-order valence-corrected chi connectivity index (χ2v) is 6.40. The predicted molar refractivity (Wildman–Crippen MR) is 99.0 cm³/mol. The average molecular weight is 403 g/mol. The van der Waals surface area contributed by atoms with E-state index in [1.54, 1.807) is 18.2 Å². The fraction of sp³-hybridized carbons (Fsp3) is 0.263. The van der Waals surface area contributed by atoms with Crippen LogP contribution in [0.5, 0.6) is 5.75 Å². The number of carboxylic acids is 1. The first-order valence-electron chi connectivity index (χ1n) is 8.83. The molecule has 0 fully saturated rings. The van der Waals surface area contributed by atoms with Gasteiger partial charge in [-0.25, -0.2) is 8.78 Å². The minimum Gasteiger partial charge on any atom is -0.490 e. The Morgan fingerprint density at radius 2 is 1.97 bits per heavy atom. The van der Waals surface area contributed by atoms with E-state index in [1.165, 1.54) is 29.1 Å². The van der Waals surface area contributed by atoms with Crippen molar-refractivity contribution in [3.8, 4) is 17.1 Å². The molecule has 0 saturated carbocycles. The summed E-state index contributed by atoms with van der Waals surface area (Å²) in [5, 5.41) is 20.5. The average Bonchev–Trinajstić information content (AvgIpc) is 3.12. The van der Waals surface area contributed by atoms with Crippen molar-refractivity contribution in [2.24, 2.45) is 5.73 Å². The first-order valence-corrected chi connectivity index (χ1v) is 8.83. The second-order valence-electron chi connectivity index (χ2n) is 6.40. The van der Waals surface area contributed by atoms with Gasteiger partial charge in [-0.3, -0.25) is 4.79 Å². The van der Waals surface area contributed by atoms with Gasteiger partial charge in [0.1, 0.15) is 5.82 Å². The Hall–Kier alpha value is -3.40. The van der Waals surface area contributed by atoms with E-state index >= 15 is 0 Å². The third kappa shape index (κ3) is 5.79. The van der Waals surface area contributed by atoms with E-state index in [2.05, 4.69) is 15.4 Å². The summed E-state index contributed by atoms with van der Waals surface area (Å²) in [4.78, 5) is 11.8. The zero-order valence-electron chi connectivity index (χ0n) is 15.3. The van der Waals surface area contributed by atoms with E-state index in [4.69, 9.17) is 15.6 Å². The quantitative estimate of drug-likeness (QED) is 0.562. The molecule has 3 aromatic rings. The van der Waals surface area contributed by atoms with Gasteiger partial charge in [-0.1, -0.05) is 12.1 Å². The van der Waals surface area contributed by atoms with Gasteiger partial charge >= 0.3 is 5.97 Å². The van der Waals surface area contributed by atoms with Gasteiger partial charge in [0.05, 0.1) is 19.6 Å². The van der Waals surface area contributed by atoms with Gasteiger partial charge in [-0.2, -0.15) is 4.80 Å². The fourth-order valence-electron chi connectivity index (χ4n) is 2.62. The summed E-state index contributed by atoms with van der Waals surface area (Å²) in [6, 6.07) is 9.64. The second kappa shape index (κ2) is 9.20. The standard InChI is InChI=1S/C19H19F2N5O3/c20-14-4-1-12(2-5-14)7-8-29-17-6-3-13(9-16(17)21)19-23-25-26(24-19)11-15(22)10-18(27)28/h1-6,9,15H,7-8,10-11,22H2,(H,27,28)/t15-/m0/s1. The fourth-order valence-corrected chi connectivity index (χ4v) is 2.62. The number of aliphatic carboxylic acids is 1. The summed E-state index contributed by atoms with van der Waals surface area (Å²) in [5.41, 5.74) is 6.96. The maximum atomic E-state index is 14.3. The number of aromatic nitrogens is 4. The molecule has 3 rings (SSSR count). The zero-order chi connectivity index (χ0) is 20.8. The topological polar surface area (TPSA) is 116 Å². The van der Waals surface area contributed by atoms with Gasteiger partial charge in [-0.15, -0.1) is 10.2 Å². The molecule has 0 aliphatic rings. The number of ether oxygens (including phenoxy) is 1. The summed E-state index contributed by atoms with van der Waals surface area (Å²) in [7, 11) is 0. The van der Waals surface area contributed by atoms with E-state index in [0.29, 0.717) is 12.0 Å². The first kappa shape index (κ1) is 20.3. The lowest BCUT2D eigenvalue weighted by Crippen LogP contribution is -2.30. The summed E-state index contributed by atoms with van der Waals surface area (Å²) in [6.45, 7) is 0.310. The van der Waals surface area contributed by atoms with Crippen molar-refractivity contribution in [3.63, 3.8) is 0 Å². The highest BCUT2D eigenvalue weighted by Gasteiger charge is 2.14. The molecule has 0 aliphatic heterocycles. The Kier molecular flexibility index (Phi) is 6.45. The Balaban J connectivity index is 1.59. The number of carbonyl (C=O) groups is 1. The van der Waals surface area contributed by atoms with Crippen LogP contribution < -0.4 is 10.5 Å². The van der Waals surface area contributed by atoms with Crippen LogP contribution in [0.1, 0.15) is 12.0 Å². The van der Waals surface area contributed by atoms with Gasteiger partial charge in [0.2, 0.25) is 5.82 Å². The minimum atomic E-state index is -1.02. The minimum absolute atomic E-state index is 0.0757. The molecule has 0 spiro atoms. The molecule has 1 atom stereocenters. The third-order valence-corrected chi connectivity index (χ3v) is 4.04. The van der Waals surface area contributed by atoms with Crippen LogP contribution in [0.3, 0.4) is 0 Å². The molecule has 1 aromatic heterocycles. The van der Waals surface area contributed by atoms with Gasteiger partial charge in [0, 0.05) is 18.0 Å². The molecule has 2 aromatic carbocycles. The molecule has 29 heavy (non-hydrogen) atoms. The van der Waals surface area contributed by atoms with Crippen molar-refractivity contribution < 1.29 is 23.4 Å². The monoisotopic (exact) mass is 403 g/mol. The van der Waals surface area contributed by atoms with Gasteiger partial charge < -0.3 is 15.6 Å². The van der Waals surface area contributed by atoms with E-state index in [0.717, 1.165) is 5.56 Å². The number of benzene rings is 2. The smallest absolute Gasteiger partial charge is 0.304 e. The molecule has 8 nitrogen and oxygen atoms in total. The number of nitrogens with two attached hydrogens (primary N) is 1. The largest absolute Gasteiger partial charge is 0.490 e. The van der Waals surface area contributed by atoms with E-state index in [1.807, 2.05) is 0 Å². The highest BCUT2D eigenvalue weighted by atomic mass is 19.1. The summed E-state index contributed by atoms with van der Waals surface area (Å²) in [6.07, 6.45) is 0.281. The molecule has 0 amide bonds. The van der Waals surface area contributed by atoms with Crippen LogP contribution in [0.15, 0.2) is 42.5 Å². The van der Waals surface area contributed by atoms with Crippen LogP contribution in [0.25, 0.3) is 11.4 Å². The Labute approximate surface area is 164 Å². The number of rotatable bonds is 9. The van der Waals surface area contributed by atoms with Crippen molar-refractivity contribution in [3.05, 3.63) is 59.7 Å². The Bertz CT molecular complexity index is 978. The Morgan fingerprint density at radius 3 is 2.66 bits per heavy atom. The van der Waals surface area contributed by atoms with Crippen LogP contribution >= 0.6 is 0 Å². The highest BCUT2D eigenvalue weighted by Crippen LogP contribution is 2.23. The van der Waals surface area contributed by atoms with Gasteiger partial charge in [0.15, 0.2) is 11.6 Å². The molecule has 0 bridgehead atoms. The number of hydrogen-bond acceptors (Lipinski definition) is 6. The number of carboxylic acid groups (broad SMARTS) is 1. The van der Waals surface area contributed by atoms with Gasteiger partial charge in [0.25, 0.3) is 0 Å². The van der Waals surface area contributed by atoms with Crippen LogP contribution in [0, 0.1) is 11.6 Å². The van der Waals surface area contributed by atoms with Crippen LogP contribution in [0.4, 0.5) is 8.78 Å². The molecular formula is C19H19F2N5O3. The number of nitrogens with zero attached hydrogens (tertiary/aromatic N) is 4. The van der Waals surface area contributed by atoms with Crippen LogP contribution in [-0.2, 0) is 17.8 Å². The number of hydrogen-bond donors (Lipinski definition) is 2. The van der Waals surface area contributed by atoms with E-state index in [9.17, 15) is 13.6 Å². The molecule has 0 aliphatic carbocycles. The number of tetrazole rings is 1. The molecule has 10 heteroatoms. The first-order chi connectivity index (χ1) is 13.9. The lowest BCUT2D eigenvalue weighted by molar-refractivity contribution is -0.137. The normalized spacial score (nSPS) is 12.0. The zero-order valence-corrected chi connectivity index (χ0v) is 15.3. The van der Waals surface area contributed by atoms with Crippen LogP contribution in [0.2, 0.25) is 0 Å². The third-order valence-electron chi connectivity index (χ3n) is 4.04. The van der Waals surface area contributed by atoms with Crippen molar-refractivity contribution in [2.75, 3.05) is 6.61 Å². The molecule has 0 unspecified atom stereocenters. The van der Waals surface area contributed by atoms with Crippen molar-refractivity contribution in [1.29, 1.82) is 0 Å². The summed E-state index contributed by atoms with van der Waals surface area (Å²) in [5.74, 6) is -1.66. The van der Waals surface area contributed by atoms with E-state index < -0.39 is 17.8 Å². The van der Waals surface area contributed by atoms with Gasteiger partial charge in [-0.05, 0) is 41.1 Å².